The Morgan fingerprint density at radius 3 is 1.56 bits per heavy atom. The molecule has 5 aliphatic heterocycles. The maximum atomic E-state index is 14.3. The zero-order chi connectivity index (χ0) is 91.2. The molecule has 1 unspecified atom stereocenters. The van der Waals surface area contributed by atoms with Gasteiger partial charge in [0.25, 0.3) is 5.91 Å². The number of hydrogen-bond acceptors (Lipinski definition) is 34. The number of likely N-dealkylation sites (tertiary alicyclic amines) is 2. The number of aromatic hydroxyl groups is 2. The topological polar surface area (TPSA) is 550 Å². The third-order valence-electron chi connectivity index (χ3n) is 23.0. The highest BCUT2D eigenvalue weighted by Crippen LogP contribution is 2.53. The van der Waals surface area contributed by atoms with Gasteiger partial charge in [0.2, 0.25) is 23.5 Å². The Kier molecular flexibility index (Phi) is 43.8. The molecule has 0 spiro atoms. The summed E-state index contributed by atoms with van der Waals surface area (Å²) in [5.74, 6) is -11.2. The highest BCUT2D eigenvalue weighted by Gasteiger charge is 2.56. The van der Waals surface area contributed by atoms with Crippen LogP contribution < -0.4 is 32.2 Å². The smallest absolute Gasteiger partial charge is 0.306 e. The van der Waals surface area contributed by atoms with Gasteiger partial charge in [-0.1, -0.05) is 12.1 Å². The molecule has 0 aromatic heterocycles. The van der Waals surface area contributed by atoms with E-state index in [9.17, 15) is 77.6 Å². The van der Waals surface area contributed by atoms with Crippen molar-refractivity contribution in [2.45, 2.75) is 172 Å². The van der Waals surface area contributed by atoms with Gasteiger partial charge in [-0.05, 0) is 91.2 Å². The van der Waals surface area contributed by atoms with E-state index >= 15 is 0 Å². The van der Waals surface area contributed by atoms with Gasteiger partial charge in [0.1, 0.15) is 46.3 Å². The second-order valence-corrected chi connectivity index (χ2v) is 32.2. The molecule has 704 valence electrons. The number of aliphatic hydroxyl groups is 1. The average Bonchev–Trinajstić information content (AvgIpc) is 0.876. The number of morpholine rings is 1. The number of ketones is 7. The quantitative estimate of drug-likeness (QED) is 0.0274. The lowest BCUT2D eigenvalue weighted by molar-refractivity contribution is -0.256. The number of methoxy groups -OCH3 is 2. The molecule has 0 saturated carbocycles. The van der Waals surface area contributed by atoms with Crippen LogP contribution in [0.4, 0.5) is 0 Å². The molecule has 0 radical (unpaired) electrons. The molecular formula is C86H128N8O32. The molecule has 2 aromatic carbocycles. The number of carboxylic acid groups (broad SMARTS) is 2. The molecule has 9 rings (SSSR count). The minimum absolute atomic E-state index is 0.0351. The number of carbonyl (C=O) groups is 13. The second-order valence-electron chi connectivity index (χ2n) is 32.2. The van der Waals surface area contributed by atoms with Crippen LogP contribution in [0.3, 0.4) is 0 Å². The normalized spacial score (nSPS) is 21.9. The van der Waals surface area contributed by atoms with Gasteiger partial charge in [0.15, 0.2) is 36.2 Å². The average molecular weight is 1790 g/mol. The highest BCUT2D eigenvalue weighted by atomic mass is 16.7. The number of nitrogens with one attached hydrogen (secondary N) is 3. The van der Waals surface area contributed by atoms with Gasteiger partial charge in [0, 0.05) is 127 Å². The summed E-state index contributed by atoms with van der Waals surface area (Å²) in [5.41, 5.74) is 6.83. The largest absolute Gasteiger partial charge is 0.507 e. The molecule has 5 saturated heterocycles. The summed E-state index contributed by atoms with van der Waals surface area (Å²) in [4.78, 5) is 170. The Morgan fingerprint density at radius 2 is 1.08 bits per heavy atom. The van der Waals surface area contributed by atoms with Crippen molar-refractivity contribution in [3.05, 3.63) is 51.6 Å². The number of phenolic OH excluding ortho intramolecular Hbond substituents is 2. The first-order chi connectivity index (χ1) is 60.6. The molecule has 40 nitrogen and oxygen atoms in total. The van der Waals surface area contributed by atoms with E-state index < -0.39 is 156 Å². The Bertz CT molecular complexity index is 3950. The van der Waals surface area contributed by atoms with Crippen LogP contribution in [-0.2, 0) is 121 Å². The predicted octanol–water partition coefficient (Wildman–Crippen LogP) is 0.654. The fourth-order valence-corrected chi connectivity index (χ4v) is 16.2. The third-order valence-corrected chi connectivity index (χ3v) is 23.0. The molecule has 2 aromatic rings. The maximum Gasteiger partial charge on any atom is 0.306 e. The first kappa shape index (κ1) is 103. The number of fused-ring (bicyclic) bond motifs is 6. The molecule has 4 amide bonds. The molecule has 5 heterocycles. The summed E-state index contributed by atoms with van der Waals surface area (Å²) in [7, 11) is 2.83. The van der Waals surface area contributed by atoms with Crippen molar-refractivity contribution in [3.63, 3.8) is 0 Å². The number of primary amides is 1. The number of Topliss-reactive ketones (excluding diaryl/α,β-unsaturated/α-hetero) is 5. The van der Waals surface area contributed by atoms with E-state index in [0.29, 0.717) is 131 Å². The number of hydrogen-bond donors (Lipinski definition) is 10. The Labute approximate surface area is 732 Å². The monoisotopic (exact) mass is 1780 g/mol. The lowest BCUT2D eigenvalue weighted by atomic mass is 9.72. The molecule has 7 aliphatic rings. The Hall–Kier alpha value is -8.37. The van der Waals surface area contributed by atoms with E-state index in [1.54, 1.807) is 6.92 Å². The van der Waals surface area contributed by atoms with Crippen LogP contribution in [0.2, 0.25) is 0 Å². The number of carboxylic acids is 2. The van der Waals surface area contributed by atoms with Crippen molar-refractivity contribution < 1.29 is 154 Å². The number of rotatable bonds is 58. The van der Waals surface area contributed by atoms with Crippen molar-refractivity contribution >= 4 is 76.1 Å². The van der Waals surface area contributed by atoms with E-state index in [4.69, 9.17) is 88.0 Å². The number of benzene rings is 2. The van der Waals surface area contributed by atoms with Crippen LogP contribution in [0.5, 0.6) is 17.2 Å². The van der Waals surface area contributed by atoms with E-state index in [1.807, 2.05) is 0 Å². The van der Waals surface area contributed by atoms with Crippen LogP contribution in [0.15, 0.2) is 18.2 Å². The zero-order valence-corrected chi connectivity index (χ0v) is 72.7. The second kappa shape index (κ2) is 53.6. The molecule has 126 heavy (non-hydrogen) atoms. The van der Waals surface area contributed by atoms with Gasteiger partial charge in [-0.15, -0.1) is 0 Å². The summed E-state index contributed by atoms with van der Waals surface area (Å²) in [6.07, 6.45) is -3.10. The van der Waals surface area contributed by atoms with E-state index in [1.165, 1.54) is 39.3 Å². The SMILES string of the molecule is CC(=O)CC(CC(=O)CCOCCOCCOCCOCCN1CCC(C(=O)O)CC1)C(=O)NCC(=O)CCCN.COc1cccc2c1C(=O)c1c(O)c3c(c(O)c1C2=O)C[C@@](O)(C(=O)NCCCC(=O)CNC(=O)[C@H](CC(N)=O)CC(=O)CCOCCOCCOCCOCCN1CCC(C(=O)O)CC1)C[C@@H]3O[C@H]1C[C@H]2[C@H](O[C@@H]3[C@@H](OC)OCCN32)[C@H](C)O1. The van der Waals surface area contributed by atoms with Crippen LogP contribution >= 0.6 is 0 Å². The van der Waals surface area contributed by atoms with Gasteiger partial charge in [-0.25, -0.2) is 0 Å². The summed E-state index contributed by atoms with van der Waals surface area (Å²) in [6, 6.07) is 4.10. The van der Waals surface area contributed by atoms with E-state index in [2.05, 4.69) is 30.7 Å². The van der Waals surface area contributed by atoms with Crippen molar-refractivity contribution in [2.75, 3.05) is 199 Å². The Morgan fingerprint density at radius 1 is 0.587 bits per heavy atom. The molecule has 2 aliphatic carbocycles. The fraction of sp³-hybridized carbons (Fsp3) is 0.709. The van der Waals surface area contributed by atoms with Crippen LogP contribution in [0.1, 0.15) is 166 Å². The van der Waals surface area contributed by atoms with Crippen LogP contribution in [0.25, 0.3) is 0 Å². The van der Waals surface area contributed by atoms with Crippen molar-refractivity contribution in [1.29, 1.82) is 0 Å². The van der Waals surface area contributed by atoms with E-state index in [0.717, 1.165) is 39.3 Å². The summed E-state index contributed by atoms with van der Waals surface area (Å²) >= 11 is 0. The van der Waals surface area contributed by atoms with Gasteiger partial charge in [-0.3, -0.25) is 62.4 Å². The minimum Gasteiger partial charge on any atom is -0.507 e. The first-order valence-corrected chi connectivity index (χ1v) is 43.4. The minimum atomic E-state index is -2.37. The van der Waals surface area contributed by atoms with E-state index in [-0.39, 0.29) is 166 Å². The number of carbonyl (C=O) groups excluding carboxylic acids is 11. The number of nitrogens with two attached hydrogens (primary N) is 2. The standard InChI is InChI=1S/C58H79N5O22.C28H49N3O10/c1-32-52-39(63-16-19-82-56(77-3)54(63)85-52)28-43(83-32)84-41-30-58(75,29-38-45(41)51(70)47-46(49(38)68)48(67)37-7-4-8-40(76-2)44(37)50(47)69)57(74)60-12-5-6-36(65)31-61-53(71)34(27-42(59)66)26-35(64)11-17-78-20-22-80-24-25-81-23-21-79-18-15-62-13-9-33(10-14-62)55(72)73;1-22(32)19-24(27(35)30-21-26(34)3-2-7-29)20-25(33)6-11-38-13-15-40-17-18-41-16-14-39-12-10-31-8-4-23(5-9-31)28(36)37/h4,7-8,32-34,39,41,43,52,54,56,68,70,75H,5-6,9-31H2,1-3H3,(H2,59,66)(H,60,74)(H,61,71)(H,72,73);23-24H,2-21,29H2,1H3,(H,30,35)(H,36,37)/t32-,34-,39-,41-,43-,52+,54+,56-,58-;/m0./s1. The lowest BCUT2D eigenvalue weighted by Crippen LogP contribution is -2.55. The molecule has 5 fully saturated rings. The van der Waals surface area contributed by atoms with Crippen molar-refractivity contribution in [2.24, 2.45) is 35.1 Å². The first-order valence-electron chi connectivity index (χ1n) is 43.4. The molecular weight excluding hydrogens is 1660 g/mol. The van der Waals surface area contributed by atoms with Gasteiger partial charge < -0.3 is 134 Å². The summed E-state index contributed by atoms with van der Waals surface area (Å²) in [5, 5.41) is 62.3. The Balaban J connectivity index is 0.000000403. The number of phenols is 2. The number of amides is 4. The number of ether oxygens (including phenoxy) is 14. The zero-order valence-electron chi connectivity index (χ0n) is 72.7. The summed E-state index contributed by atoms with van der Waals surface area (Å²) < 4.78 is 80.0. The molecule has 40 heteroatoms. The van der Waals surface area contributed by atoms with Gasteiger partial charge in [0.05, 0.1) is 185 Å². The number of piperidine rings is 2. The molecule has 0 bridgehead atoms. The van der Waals surface area contributed by atoms with Crippen LogP contribution in [-0.4, -0.2) is 357 Å². The van der Waals surface area contributed by atoms with Crippen molar-refractivity contribution in [1.82, 2.24) is 30.7 Å². The third kappa shape index (κ3) is 31.8. The number of aliphatic carboxylic acids is 2. The fourth-order valence-electron chi connectivity index (χ4n) is 16.2. The number of nitrogens with zero attached hydrogens (tertiary/aromatic N) is 3. The van der Waals surface area contributed by atoms with Crippen LogP contribution in [0, 0.1) is 23.7 Å². The highest BCUT2D eigenvalue weighted by molar-refractivity contribution is 6.31. The maximum absolute atomic E-state index is 14.3. The lowest BCUT2D eigenvalue weighted by Gasteiger charge is -2.43. The predicted molar refractivity (Wildman–Crippen MR) is 443 cm³/mol. The van der Waals surface area contributed by atoms with Gasteiger partial charge >= 0.3 is 11.9 Å². The van der Waals surface area contributed by atoms with Crippen molar-refractivity contribution in [3.8, 4) is 17.2 Å². The van der Waals surface area contributed by atoms with Gasteiger partial charge in [-0.2, -0.15) is 0 Å². The molecule has 10 atom stereocenters. The summed E-state index contributed by atoms with van der Waals surface area (Å²) in [6.45, 7) is 13.9. The molecule has 12 N–H and O–H groups in total.